The van der Waals surface area contributed by atoms with Crippen LogP contribution in [0.3, 0.4) is 0 Å². The summed E-state index contributed by atoms with van der Waals surface area (Å²) in [5.41, 5.74) is 0.403. The van der Waals surface area contributed by atoms with Crippen molar-refractivity contribution < 1.29 is 27.2 Å². The molecule has 182 valence electrons. The van der Waals surface area contributed by atoms with Gasteiger partial charge in [0.1, 0.15) is 16.0 Å². The first-order valence-corrected chi connectivity index (χ1v) is 11.9. The number of Topliss-reactive ketones (excluding diaryl/α,β-unsaturated/α-hetero) is 1. The third kappa shape index (κ3) is 5.21. The van der Waals surface area contributed by atoms with Crippen LogP contribution < -0.4 is 5.32 Å². The van der Waals surface area contributed by atoms with Gasteiger partial charge in [0, 0.05) is 29.7 Å². The summed E-state index contributed by atoms with van der Waals surface area (Å²) in [6.45, 7) is 0. The molecule has 35 heavy (non-hydrogen) atoms. The highest BCUT2D eigenvalue weighted by molar-refractivity contribution is 9.10. The van der Waals surface area contributed by atoms with E-state index in [0.29, 0.717) is 6.07 Å². The molecule has 0 bridgehead atoms. The number of hydrogen-bond donors (Lipinski definition) is 1. The van der Waals surface area contributed by atoms with Crippen molar-refractivity contribution >= 4 is 68.1 Å². The van der Waals surface area contributed by atoms with Gasteiger partial charge in [0.15, 0.2) is 17.4 Å². The number of hydrogen-bond acceptors (Lipinski definition) is 2. The van der Waals surface area contributed by atoms with E-state index in [1.807, 2.05) is 0 Å². The topological polar surface area (TPSA) is 46.2 Å². The van der Waals surface area contributed by atoms with Crippen molar-refractivity contribution in [1.82, 2.24) is 0 Å². The monoisotopic (exact) mass is 607 g/mol. The van der Waals surface area contributed by atoms with Gasteiger partial charge in [-0.2, -0.15) is 0 Å². The van der Waals surface area contributed by atoms with Crippen LogP contribution >= 0.6 is 50.7 Å². The number of benzene rings is 3. The van der Waals surface area contributed by atoms with Crippen LogP contribution in [0, 0.1) is 29.2 Å². The van der Waals surface area contributed by atoms with Gasteiger partial charge in [0.25, 0.3) is 0 Å². The minimum Gasteiger partial charge on any atom is -0.326 e. The van der Waals surface area contributed by atoms with Crippen molar-refractivity contribution in [2.45, 2.75) is 16.7 Å². The van der Waals surface area contributed by atoms with Gasteiger partial charge in [0.2, 0.25) is 5.91 Å². The van der Waals surface area contributed by atoms with Gasteiger partial charge >= 0.3 is 0 Å². The summed E-state index contributed by atoms with van der Waals surface area (Å²) in [4.78, 5) is 25.6. The molecule has 1 saturated carbocycles. The molecular weight excluding hydrogens is 597 g/mol. The van der Waals surface area contributed by atoms with E-state index < -0.39 is 51.1 Å². The summed E-state index contributed by atoms with van der Waals surface area (Å²) < 4.78 is 52.8. The van der Waals surface area contributed by atoms with Gasteiger partial charge in [-0.1, -0.05) is 17.7 Å². The second-order valence-electron chi connectivity index (χ2n) is 7.95. The lowest BCUT2D eigenvalue weighted by Gasteiger charge is -2.10. The minimum atomic E-state index is -1.57. The molecule has 2 atom stereocenters. The van der Waals surface area contributed by atoms with E-state index in [9.17, 15) is 27.2 Å². The number of carbonyl (C=O) groups excluding carboxylic acids is 2. The van der Waals surface area contributed by atoms with Crippen LogP contribution in [-0.2, 0) is 11.2 Å². The maximum atomic E-state index is 13.9. The van der Waals surface area contributed by atoms with Crippen molar-refractivity contribution in [3.8, 4) is 0 Å². The van der Waals surface area contributed by atoms with E-state index in [-0.39, 0.29) is 38.3 Å². The van der Waals surface area contributed by atoms with Crippen LogP contribution in [0.1, 0.15) is 27.4 Å². The molecule has 11 heteroatoms. The number of anilines is 1. The number of ketones is 1. The normalized spacial score (nSPS) is 18.3. The summed E-state index contributed by atoms with van der Waals surface area (Å²) in [6.07, 6.45) is -0.384. The molecule has 0 saturated heterocycles. The summed E-state index contributed by atoms with van der Waals surface area (Å²) in [7, 11) is 0. The second kappa shape index (κ2) is 9.73. The maximum Gasteiger partial charge on any atom is 0.231 e. The Labute approximate surface area is 220 Å². The quantitative estimate of drug-likeness (QED) is 0.135. The van der Waals surface area contributed by atoms with Gasteiger partial charge in [-0.3, -0.25) is 9.59 Å². The molecule has 1 N–H and O–H groups in total. The summed E-state index contributed by atoms with van der Waals surface area (Å²) in [5.74, 6) is -6.83. The molecule has 1 aliphatic carbocycles. The highest BCUT2D eigenvalue weighted by Crippen LogP contribution is 2.65. The molecule has 3 nitrogen and oxygen atoms in total. The van der Waals surface area contributed by atoms with Crippen molar-refractivity contribution in [2.75, 3.05) is 5.32 Å². The van der Waals surface area contributed by atoms with Crippen molar-refractivity contribution in [3.63, 3.8) is 0 Å². The molecule has 4 rings (SSSR count). The van der Waals surface area contributed by atoms with E-state index in [1.165, 1.54) is 24.3 Å². The first kappa shape index (κ1) is 25.9. The van der Waals surface area contributed by atoms with Gasteiger partial charge in [-0.15, -0.1) is 23.2 Å². The average Bonchev–Trinajstić information content (AvgIpc) is 3.37. The van der Waals surface area contributed by atoms with E-state index in [4.69, 9.17) is 34.8 Å². The number of nitrogens with one attached hydrogen (secondary N) is 1. The Hall–Kier alpha value is -2.13. The number of carbonyl (C=O) groups is 2. The molecular formula is C24H13BrCl3F4NO2. The maximum absolute atomic E-state index is 13.9. The third-order valence-electron chi connectivity index (χ3n) is 5.60. The Bertz CT molecular complexity index is 1350. The smallest absolute Gasteiger partial charge is 0.231 e. The number of halogens is 8. The molecule has 0 spiro atoms. The van der Waals surface area contributed by atoms with Gasteiger partial charge in [-0.25, -0.2) is 17.6 Å². The number of amides is 1. The van der Waals surface area contributed by atoms with E-state index in [0.717, 1.165) is 18.2 Å². The third-order valence-corrected chi connectivity index (χ3v) is 7.45. The van der Waals surface area contributed by atoms with E-state index >= 15 is 0 Å². The number of rotatable bonds is 6. The Morgan fingerprint density at radius 1 is 0.971 bits per heavy atom. The van der Waals surface area contributed by atoms with Gasteiger partial charge in [0.05, 0.1) is 15.4 Å². The predicted octanol–water partition coefficient (Wildman–Crippen LogP) is 7.61. The lowest BCUT2D eigenvalue weighted by Crippen LogP contribution is -2.17. The predicted molar refractivity (Wildman–Crippen MR) is 129 cm³/mol. The zero-order valence-corrected chi connectivity index (χ0v) is 21.2. The van der Waals surface area contributed by atoms with Crippen molar-refractivity contribution in [2.24, 2.45) is 5.92 Å². The Balaban J connectivity index is 1.52. The molecule has 1 fully saturated rings. The summed E-state index contributed by atoms with van der Waals surface area (Å²) >= 11 is 21.6. The first-order valence-electron chi connectivity index (χ1n) is 10.00. The van der Waals surface area contributed by atoms with Crippen molar-refractivity contribution in [1.29, 1.82) is 0 Å². The highest BCUT2D eigenvalue weighted by Gasteiger charge is 2.67. The average molecular weight is 610 g/mol. The fraction of sp³-hybridized carbons (Fsp3) is 0.167. The summed E-state index contributed by atoms with van der Waals surface area (Å²) in [6, 6.07) is 9.19. The highest BCUT2D eigenvalue weighted by atomic mass is 79.9. The fourth-order valence-corrected chi connectivity index (χ4v) is 5.30. The molecule has 0 aliphatic heterocycles. The Morgan fingerprint density at radius 2 is 1.69 bits per heavy atom. The standard InChI is InChI=1S/C24H13BrCl3F4NO2/c25-15-5-11(6-18(31)22(15)32)20-21(24(20,27)28)23(35)33-13-3-4-16(26)14(9-13)19(34)7-10-1-2-12(29)8-17(10)30/h1-6,8-9,20-21H,7H2,(H,33,35). The molecule has 3 aromatic rings. The molecule has 3 aromatic carbocycles. The van der Waals surface area contributed by atoms with Crippen LogP contribution in [0.15, 0.2) is 53.0 Å². The Morgan fingerprint density at radius 3 is 2.34 bits per heavy atom. The molecule has 0 heterocycles. The number of alkyl halides is 2. The van der Waals surface area contributed by atoms with Crippen LogP contribution in [0.4, 0.5) is 23.2 Å². The van der Waals surface area contributed by atoms with Crippen molar-refractivity contribution in [3.05, 3.63) is 98.0 Å². The Kier molecular flexibility index (Phi) is 7.21. The fourth-order valence-electron chi connectivity index (χ4n) is 3.79. The van der Waals surface area contributed by atoms with Crippen LogP contribution in [0.2, 0.25) is 5.02 Å². The molecule has 0 radical (unpaired) electrons. The van der Waals surface area contributed by atoms with E-state index in [2.05, 4.69) is 21.2 Å². The first-order chi connectivity index (χ1) is 16.4. The van der Waals surface area contributed by atoms with Crippen LogP contribution in [-0.4, -0.2) is 16.0 Å². The van der Waals surface area contributed by atoms with Gasteiger partial charge < -0.3 is 5.32 Å². The van der Waals surface area contributed by atoms with Gasteiger partial charge in [-0.05, 0) is 63.5 Å². The SMILES string of the molecule is O=C(Cc1ccc(F)cc1F)c1cc(NC(=O)C2C(c3cc(F)c(F)c(Br)c3)C2(Cl)Cl)ccc1Cl. The van der Waals surface area contributed by atoms with Crippen LogP contribution in [0.5, 0.6) is 0 Å². The lowest BCUT2D eigenvalue weighted by atomic mass is 10.0. The molecule has 1 amide bonds. The zero-order valence-electron chi connectivity index (χ0n) is 17.3. The second-order valence-corrected chi connectivity index (χ2v) is 10.7. The minimum absolute atomic E-state index is 0.00749. The largest absolute Gasteiger partial charge is 0.326 e. The summed E-state index contributed by atoms with van der Waals surface area (Å²) in [5, 5.41) is 2.65. The van der Waals surface area contributed by atoms with Crippen LogP contribution in [0.25, 0.3) is 0 Å². The molecule has 2 unspecified atom stereocenters. The molecule has 0 aromatic heterocycles. The van der Waals surface area contributed by atoms with E-state index in [1.54, 1.807) is 0 Å². The lowest BCUT2D eigenvalue weighted by molar-refractivity contribution is -0.117. The zero-order chi connectivity index (χ0) is 25.7. The molecule has 1 aliphatic rings.